The van der Waals surface area contributed by atoms with Crippen LogP contribution in [0.5, 0.6) is 0 Å². The Morgan fingerprint density at radius 2 is 2.22 bits per heavy atom. The van der Waals surface area contributed by atoms with E-state index in [1.54, 1.807) is 0 Å². The van der Waals surface area contributed by atoms with Crippen LogP contribution in [-0.4, -0.2) is 46.7 Å². The second-order valence-electron chi connectivity index (χ2n) is 7.00. The third kappa shape index (κ3) is 4.10. The van der Waals surface area contributed by atoms with Gasteiger partial charge in [-0.25, -0.2) is 0 Å². The molecule has 0 unspecified atom stereocenters. The summed E-state index contributed by atoms with van der Waals surface area (Å²) in [6, 6.07) is 0. The fraction of sp³-hybridized carbons (Fsp3) is 0.824. The Kier molecular flexibility index (Phi) is 5.30. The number of amides is 1. The van der Waals surface area contributed by atoms with Crippen LogP contribution >= 0.6 is 0 Å². The van der Waals surface area contributed by atoms with Gasteiger partial charge in [0.15, 0.2) is 5.82 Å². The molecule has 0 radical (unpaired) electrons. The Balaban J connectivity index is 1.53. The summed E-state index contributed by atoms with van der Waals surface area (Å²) in [5, 5.41) is 4.12. The molecule has 0 saturated carbocycles. The lowest BCUT2D eigenvalue weighted by Gasteiger charge is -2.31. The summed E-state index contributed by atoms with van der Waals surface area (Å²) in [6.07, 6.45) is 5.96. The largest absolute Gasteiger partial charge is 0.378 e. The molecule has 2 fully saturated rings. The van der Waals surface area contributed by atoms with Crippen molar-refractivity contribution in [1.29, 1.82) is 0 Å². The maximum absolute atomic E-state index is 12.5. The number of ether oxygens (including phenoxy) is 1. The SMILES string of the molecule is CC(C)c1nc([C@@H]2CCCN(C(=O)CC[C@@H]3CCCO3)C2)no1. The molecule has 3 heterocycles. The monoisotopic (exact) mass is 321 g/mol. The predicted octanol–water partition coefficient (Wildman–Crippen LogP) is 2.86. The van der Waals surface area contributed by atoms with Crippen molar-refractivity contribution in [2.24, 2.45) is 0 Å². The van der Waals surface area contributed by atoms with Gasteiger partial charge in [-0.05, 0) is 32.1 Å². The zero-order valence-corrected chi connectivity index (χ0v) is 14.2. The topological polar surface area (TPSA) is 68.5 Å². The minimum atomic E-state index is 0.201. The van der Waals surface area contributed by atoms with Gasteiger partial charge in [-0.15, -0.1) is 0 Å². The van der Waals surface area contributed by atoms with Crippen molar-refractivity contribution in [2.75, 3.05) is 19.7 Å². The van der Waals surface area contributed by atoms with Crippen molar-refractivity contribution in [2.45, 2.75) is 70.3 Å². The Morgan fingerprint density at radius 1 is 1.35 bits per heavy atom. The maximum Gasteiger partial charge on any atom is 0.229 e. The van der Waals surface area contributed by atoms with Gasteiger partial charge in [0, 0.05) is 38.0 Å². The van der Waals surface area contributed by atoms with E-state index in [1.807, 2.05) is 18.7 Å². The molecule has 6 nitrogen and oxygen atoms in total. The molecule has 6 heteroatoms. The zero-order valence-electron chi connectivity index (χ0n) is 14.2. The third-order valence-electron chi connectivity index (χ3n) is 4.79. The summed E-state index contributed by atoms with van der Waals surface area (Å²) in [6.45, 7) is 6.48. The van der Waals surface area contributed by atoms with E-state index in [4.69, 9.17) is 9.26 Å². The summed E-state index contributed by atoms with van der Waals surface area (Å²) in [5.74, 6) is 2.11. The van der Waals surface area contributed by atoms with Gasteiger partial charge in [0.25, 0.3) is 0 Å². The summed E-state index contributed by atoms with van der Waals surface area (Å²) in [7, 11) is 0. The summed E-state index contributed by atoms with van der Waals surface area (Å²) < 4.78 is 10.9. The van der Waals surface area contributed by atoms with Gasteiger partial charge in [-0.1, -0.05) is 19.0 Å². The van der Waals surface area contributed by atoms with E-state index >= 15 is 0 Å². The van der Waals surface area contributed by atoms with Crippen molar-refractivity contribution in [3.63, 3.8) is 0 Å². The molecule has 2 aliphatic rings. The van der Waals surface area contributed by atoms with E-state index in [0.717, 1.165) is 51.1 Å². The molecule has 23 heavy (non-hydrogen) atoms. The molecule has 2 saturated heterocycles. The smallest absolute Gasteiger partial charge is 0.229 e. The molecular formula is C17H27N3O3. The van der Waals surface area contributed by atoms with Gasteiger partial charge in [-0.3, -0.25) is 4.79 Å². The van der Waals surface area contributed by atoms with Crippen molar-refractivity contribution < 1.29 is 14.1 Å². The molecule has 3 rings (SSSR count). The highest BCUT2D eigenvalue weighted by atomic mass is 16.5. The van der Waals surface area contributed by atoms with Gasteiger partial charge < -0.3 is 14.2 Å². The molecule has 0 aromatic carbocycles. The van der Waals surface area contributed by atoms with Crippen molar-refractivity contribution >= 4 is 5.91 Å². The van der Waals surface area contributed by atoms with E-state index in [1.165, 1.54) is 0 Å². The fourth-order valence-electron chi connectivity index (χ4n) is 3.38. The third-order valence-corrected chi connectivity index (χ3v) is 4.79. The number of rotatable bonds is 5. The van der Waals surface area contributed by atoms with Crippen LogP contribution in [0.15, 0.2) is 4.52 Å². The molecule has 0 N–H and O–H groups in total. The minimum absolute atomic E-state index is 0.201. The second kappa shape index (κ2) is 7.43. The quantitative estimate of drug-likeness (QED) is 0.834. The van der Waals surface area contributed by atoms with Crippen LogP contribution in [0.1, 0.15) is 75.9 Å². The van der Waals surface area contributed by atoms with E-state index in [0.29, 0.717) is 18.9 Å². The Labute approximate surface area is 137 Å². The number of likely N-dealkylation sites (tertiary alicyclic amines) is 1. The van der Waals surface area contributed by atoms with Gasteiger partial charge in [0.1, 0.15) is 0 Å². The van der Waals surface area contributed by atoms with Crippen LogP contribution in [0.4, 0.5) is 0 Å². The highest BCUT2D eigenvalue weighted by molar-refractivity contribution is 5.76. The Hall–Kier alpha value is -1.43. The number of hydrogen-bond donors (Lipinski definition) is 0. The first kappa shape index (κ1) is 16.4. The van der Waals surface area contributed by atoms with Crippen LogP contribution in [0.3, 0.4) is 0 Å². The number of hydrogen-bond acceptors (Lipinski definition) is 5. The average Bonchev–Trinajstić information content (AvgIpc) is 3.24. The lowest BCUT2D eigenvalue weighted by Crippen LogP contribution is -2.39. The number of carbonyl (C=O) groups is 1. The van der Waals surface area contributed by atoms with Crippen molar-refractivity contribution in [3.05, 3.63) is 11.7 Å². The van der Waals surface area contributed by atoms with Crippen LogP contribution < -0.4 is 0 Å². The van der Waals surface area contributed by atoms with Crippen LogP contribution in [0.25, 0.3) is 0 Å². The highest BCUT2D eigenvalue weighted by Gasteiger charge is 2.28. The van der Waals surface area contributed by atoms with Crippen LogP contribution in [-0.2, 0) is 9.53 Å². The highest BCUT2D eigenvalue weighted by Crippen LogP contribution is 2.27. The number of aromatic nitrogens is 2. The molecule has 1 aromatic heterocycles. The summed E-state index contributed by atoms with van der Waals surface area (Å²) >= 11 is 0. The Bertz CT molecular complexity index is 523. The first-order chi connectivity index (χ1) is 11.1. The molecule has 0 bridgehead atoms. The first-order valence-corrected chi connectivity index (χ1v) is 8.86. The van der Waals surface area contributed by atoms with E-state index < -0.39 is 0 Å². The number of nitrogens with zero attached hydrogens (tertiary/aromatic N) is 3. The average molecular weight is 321 g/mol. The molecule has 1 aromatic rings. The minimum Gasteiger partial charge on any atom is -0.378 e. The lowest BCUT2D eigenvalue weighted by atomic mass is 9.96. The predicted molar refractivity (Wildman–Crippen MR) is 85.2 cm³/mol. The summed E-state index contributed by atoms with van der Waals surface area (Å²) in [5.41, 5.74) is 0. The molecular weight excluding hydrogens is 294 g/mol. The molecule has 0 spiro atoms. The Morgan fingerprint density at radius 3 is 2.91 bits per heavy atom. The van der Waals surface area contributed by atoms with Gasteiger partial charge in [-0.2, -0.15) is 4.98 Å². The molecule has 1 amide bonds. The first-order valence-electron chi connectivity index (χ1n) is 8.86. The van der Waals surface area contributed by atoms with E-state index in [2.05, 4.69) is 10.1 Å². The van der Waals surface area contributed by atoms with E-state index in [9.17, 15) is 4.79 Å². The van der Waals surface area contributed by atoms with Crippen LogP contribution in [0, 0.1) is 0 Å². The zero-order chi connectivity index (χ0) is 16.2. The van der Waals surface area contributed by atoms with Gasteiger partial charge >= 0.3 is 0 Å². The molecule has 128 valence electrons. The van der Waals surface area contributed by atoms with Gasteiger partial charge in [0.05, 0.1) is 6.10 Å². The second-order valence-corrected chi connectivity index (χ2v) is 7.00. The fourth-order valence-corrected chi connectivity index (χ4v) is 3.38. The maximum atomic E-state index is 12.5. The molecule has 0 aliphatic carbocycles. The lowest BCUT2D eigenvalue weighted by molar-refractivity contribution is -0.133. The number of piperidine rings is 1. The standard InChI is InChI=1S/C17H27N3O3/c1-12(2)17-18-16(19-23-17)13-5-3-9-20(11-13)15(21)8-7-14-6-4-10-22-14/h12-14H,3-11H2,1-2H3/t13-,14+/m1/s1. The molecule has 2 aliphatic heterocycles. The van der Waals surface area contributed by atoms with Crippen LogP contribution in [0.2, 0.25) is 0 Å². The summed E-state index contributed by atoms with van der Waals surface area (Å²) in [4.78, 5) is 18.9. The molecule has 2 atom stereocenters. The van der Waals surface area contributed by atoms with E-state index in [-0.39, 0.29) is 23.8 Å². The van der Waals surface area contributed by atoms with Gasteiger partial charge in [0.2, 0.25) is 11.8 Å². The van der Waals surface area contributed by atoms with Crippen molar-refractivity contribution in [3.8, 4) is 0 Å². The van der Waals surface area contributed by atoms with Crippen molar-refractivity contribution in [1.82, 2.24) is 15.0 Å². The number of carbonyl (C=O) groups excluding carboxylic acids is 1. The normalized spacial score (nSPS) is 25.3.